The van der Waals surface area contributed by atoms with E-state index in [0.29, 0.717) is 12.2 Å². The molecule has 2 bridgehead atoms. The van der Waals surface area contributed by atoms with Crippen molar-refractivity contribution in [2.45, 2.75) is 38.0 Å². The average molecular weight is 362 g/mol. The number of ether oxygens (including phenoxy) is 1. The van der Waals surface area contributed by atoms with E-state index in [-0.39, 0.29) is 18.2 Å². The number of hydrogen-bond donors (Lipinski definition) is 1. The Balaban J connectivity index is 1.45. The van der Waals surface area contributed by atoms with Crippen LogP contribution in [-0.4, -0.2) is 29.0 Å². The highest BCUT2D eigenvalue weighted by Gasteiger charge is 2.40. The second-order valence-corrected chi connectivity index (χ2v) is 7.08. The summed E-state index contributed by atoms with van der Waals surface area (Å²) < 4.78 is 5.54. The summed E-state index contributed by atoms with van der Waals surface area (Å²) in [6.07, 6.45) is 4.64. The maximum absolute atomic E-state index is 12.6. The third-order valence-corrected chi connectivity index (χ3v) is 5.35. The van der Waals surface area contributed by atoms with Crippen molar-refractivity contribution in [1.29, 1.82) is 0 Å². The number of carbonyl (C=O) groups excluding carboxylic acids is 2. The van der Waals surface area contributed by atoms with Gasteiger partial charge in [0, 0.05) is 11.6 Å². The molecule has 2 N–H and O–H groups in total. The number of fused-ring (bicyclic) bond motifs is 2. The lowest BCUT2D eigenvalue weighted by Crippen LogP contribution is -2.43. The van der Waals surface area contributed by atoms with Gasteiger partial charge in [0.15, 0.2) is 0 Å². The summed E-state index contributed by atoms with van der Waals surface area (Å²) in [7, 11) is 0. The molecule has 2 aromatic carbocycles. The molecule has 138 valence electrons. The van der Waals surface area contributed by atoms with Crippen molar-refractivity contribution in [1.82, 2.24) is 4.90 Å². The van der Waals surface area contributed by atoms with Crippen LogP contribution in [0.15, 0.2) is 60.7 Å². The van der Waals surface area contributed by atoms with E-state index in [1.165, 1.54) is 5.57 Å². The second kappa shape index (κ2) is 7.27. The van der Waals surface area contributed by atoms with E-state index in [2.05, 4.69) is 6.08 Å². The minimum atomic E-state index is -0.424. The summed E-state index contributed by atoms with van der Waals surface area (Å²) in [5.74, 6) is -0.424. The van der Waals surface area contributed by atoms with Crippen LogP contribution in [0.3, 0.4) is 0 Å². The third kappa shape index (κ3) is 3.58. The van der Waals surface area contributed by atoms with E-state index < -0.39 is 5.91 Å². The molecule has 0 aliphatic carbocycles. The molecule has 5 heteroatoms. The van der Waals surface area contributed by atoms with Crippen LogP contribution in [0.5, 0.6) is 0 Å². The summed E-state index contributed by atoms with van der Waals surface area (Å²) in [5, 5.41) is 0. The molecule has 2 amide bonds. The van der Waals surface area contributed by atoms with Crippen molar-refractivity contribution < 1.29 is 14.3 Å². The molecule has 1 saturated heterocycles. The standard InChI is InChI=1S/C22H22N2O3/c23-21(25)17-8-6-16(7-9-17)18-12-19-10-11-20(13-18)24(19)22(26)27-14-15-4-2-1-3-5-15/h1-9,12,19-20H,10-11,13-14H2,(H2,23,25). The van der Waals surface area contributed by atoms with Crippen molar-refractivity contribution in [3.8, 4) is 0 Å². The van der Waals surface area contributed by atoms with E-state index in [9.17, 15) is 9.59 Å². The molecule has 2 aromatic rings. The quantitative estimate of drug-likeness (QED) is 0.900. The fourth-order valence-electron chi connectivity index (χ4n) is 3.97. The largest absolute Gasteiger partial charge is 0.445 e. The minimum absolute atomic E-state index is 0.0674. The van der Waals surface area contributed by atoms with E-state index in [0.717, 1.165) is 30.4 Å². The predicted molar refractivity (Wildman–Crippen MR) is 103 cm³/mol. The van der Waals surface area contributed by atoms with Crippen LogP contribution in [0.4, 0.5) is 4.79 Å². The first-order valence-electron chi connectivity index (χ1n) is 9.22. The Kier molecular flexibility index (Phi) is 4.67. The van der Waals surface area contributed by atoms with Crippen LogP contribution in [0, 0.1) is 0 Å². The number of amides is 2. The smallest absolute Gasteiger partial charge is 0.410 e. The zero-order valence-corrected chi connectivity index (χ0v) is 15.0. The number of benzene rings is 2. The van der Waals surface area contributed by atoms with Crippen LogP contribution in [-0.2, 0) is 11.3 Å². The zero-order chi connectivity index (χ0) is 18.8. The molecule has 5 nitrogen and oxygen atoms in total. The van der Waals surface area contributed by atoms with E-state index in [4.69, 9.17) is 10.5 Å². The van der Waals surface area contributed by atoms with Gasteiger partial charge in [-0.15, -0.1) is 0 Å². The van der Waals surface area contributed by atoms with Gasteiger partial charge in [0.1, 0.15) is 6.61 Å². The van der Waals surface area contributed by atoms with Gasteiger partial charge in [0.05, 0.1) is 6.04 Å². The van der Waals surface area contributed by atoms with Crippen LogP contribution < -0.4 is 5.73 Å². The van der Waals surface area contributed by atoms with Crippen LogP contribution in [0.1, 0.15) is 40.7 Å². The Labute approximate surface area is 158 Å². The van der Waals surface area contributed by atoms with Gasteiger partial charge in [-0.2, -0.15) is 0 Å². The number of nitrogens with two attached hydrogens (primary N) is 1. The first-order chi connectivity index (χ1) is 13.1. The Morgan fingerprint density at radius 3 is 2.44 bits per heavy atom. The lowest BCUT2D eigenvalue weighted by Gasteiger charge is -2.33. The second-order valence-electron chi connectivity index (χ2n) is 7.08. The number of carbonyl (C=O) groups is 2. The summed E-state index contributed by atoms with van der Waals surface area (Å²) in [4.78, 5) is 25.7. The molecule has 0 radical (unpaired) electrons. The maximum Gasteiger partial charge on any atom is 0.410 e. The van der Waals surface area contributed by atoms with Gasteiger partial charge >= 0.3 is 6.09 Å². The van der Waals surface area contributed by atoms with E-state index in [1.54, 1.807) is 12.1 Å². The Morgan fingerprint density at radius 1 is 1.04 bits per heavy atom. The lowest BCUT2D eigenvalue weighted by molar-refractivity contribution is 0.0832. The number of hydrogen-bond acceptors (Lipinski definition) is 3. The van der Waals surface area contributed by atoms with Crippen LogP contribution in [0.25, 0.3) is 5.57 Å². The molecule has 2 aliphatic heterocycles. The van der Waals surface area contributed by atoms with Crippen molar-refractivity contribution in [3.05, 3.63) is 77.4 Å². The van der Waals surface area contributed by atoms with Crippen molar-refractivity contribution in [3.63, 3.8) is 0 Å². The van der Waals surface area contributed by atoms with Gasteiger partial charge < -0.3 is 10.5 Å². The van der Waals surface area contributed by atoms with Gasteiger partial charge in [0.25, 0.3) is 0 Å². The average Bonchev–Trinajstić information content (AvgIpc) is 2.96. The fraction of sp³-hybridized carbons (Fsp3) is 0.273. The molecule has 0 spiro atoms. The van der Waals surface area contributed by atoms with Crippen LogP contribution >= 0.6 is 0 Å². The number of nitrogens with zero attached hydrogens (tertiary/aromatic N) is 1. The topological polar surface area (TPSA) is 72.6 Å². The number of primary amides is 1. The monoisotopic (exact) mass is 362 g/mol. The molecule has 4 rings (SSSR count). The van der Waals surface area contributed by atoms with Gasteiger partial charge in [-0.25, -0.2) is 4.79 Å². The molecule has 1 fully saturated rings. The first kappa shape index (κ1) is 17.3. The van der Waals surface area contributed by atoms with Gasteiger partial charge in [-0.1, -0.05) is 48.5 Å². The van der Waals surface area contributed by atoms with Gasteiger partial charge in [0.2, 0.25) is 5.91 Å². The predicted octanol–water partition coefficient (Wildman–Crippen LogP) is 3.74. The van der Waals surface area contributed by atoms with Crippen molar-refractivity contribution in [2.24, 2.45) is 5.73 Å². The summed E-state index contributed by atoms with van der Waals surface area (Å²) in [5.41, 5.74) is 9.09. The highest BCUT2D eigenvalue weighted by atomic mass is 16.6. The van der Waals surface area contributed by atoms with Crippen LogP contribution in [0.2, 0.25) is 0 Å². The zero-order valence-electron chi connectivity index (χ0n) is 15.0. The number of rotatable bonds is 4. The SMILES string of the molecule is NC(=O)c1ccc(C2=CC3CCC(C2)N3C(=O)OCc2ccccc2)cc1. The Morgan fingerprint density at radius 2 is 1.78 bits per heavy atom. The molecule has 0 saturated carbocycles. The molecular weight excluding hydrogens is 340 g/mol. The summed E-state index contributed by atoms with van der Waals surface area (Å²) >= 11 is 0. The maximum atomic E-state index is 12.6. The van der Waals surface area contributed by atoms with Crippen molar-refractivity contribution >= 4 is 17.6 Å². The molecule has 2 heterocycles. The van der Waals surface area contributed by atoms with Crippen molar-refractivity contribution in [2.75, 3.05) is 0 Å². The first-order valence-corrected chi connectivity index (χ1v) is 9.22. The normalized spacial score (nSPS) is 20.9. The van der Waals surface area contributed by atoms with E-state index in [1.807, 2.05) is 47.4 Å². The lowest BCUT2D eigenvalue weighted by atomic mass is 9.94. The Hall–Kier alpha value is -3.08. The van der Waals surface area contributed by atoms with Gasteiger partial charge in [-0.3, -0.25) is 9.69 Å². The molecule has 2 unspecified atom stereocenters. The summed E-state index contributed by atoms with van der Waals surface area (Å²) in [6, 6.07) is 17.3. The Bertz CT molecular complexity index is 874. The molecule has 2 atom stereocenters. The highest BCUT2D eigenvalue weighted by molar-refractivity contribution is 5.93. The minimum Gasteiger partial charge on any atom is -0.445 e. The molecule has 2 aliphatic rings. The fourth-order valence-corrected chi connectivity index (χ4v) is 3.97. The summed E-state index contributed by atoms with van der Waals surface area (Å²) in [6.45, 7) is 0.292. The van der Waals surface area contributed by atoms with E-state index >= 15 is 0 Å². The molecule has 27 heavy (non-hydrogen) atoms. The molecule has 0 aromatic heterocycles. The van der Waals surface area contributed by atoms with Gasteiger partial charge in [-0.05, 0) is 48.1 Å². The highest BCUT2D eigenvalue weighted by Crippen LogP contribution is 2.39. The molecular formula is C22H22N2O3. The third-order valence-electron chi connectivity index (χ3n) is 5.35.